The van der Waals surface area contributed by atoms with Crippen LogP contribution >= 0.6 is 0 Å². The molecule has 0 aliphatic heterocycles. The fraction of sp³-hybridized carbons (Fsp3) is 0.933. The minimum atomic E-state index is 0.559. The van der Waals surface area contributed by atoms with E-state index in [0.29, 0.717) is 10.8 Å². The molecule has 2 fully saturated rings. The van der Waals surface area contributed by atoms with Crippen molar-refractivity contribution < 1.29 is 0 Å². The van der Waals surface area contributed by atoms with Crippen LogP contribution in [0.2, 0.25) is 0 Å². The number of fused-ring (bicyclic) bond motifs is 1. The maximum Gasteiger partial charge on any atom is -0.0261 e. The number of hydrogen-bond donors (Lipinski definition) is 0. The van der Waals surface area contributed by atoms with Gasteiger partial charge in [0.15, 0.2) is 0 Å². The normalized spacial score (nSPS) is 32.8. The number of rotatable bonds is 11. The third kappa shape index (κ3) is 7.13. The molecule has 2 aliphatic carbocycles. The molecule has 0 aromatic heterocycles. The predicted molar refractivity (Wildman–Crippen MR) is 136 cm³/mol. The summed E-state index contributed by atoms with van der Waals surface area (Å²) in [5.41, 5.74) is 2.80. The second-order valence-corrected chi connectivity index (χ2v) is 13.0. The quantitative estimate of drug-likeness (QED) is 0.294. The van der Waals surface area contributed by atoms with Crippen LogP contribution in [0.15, 0.2) is 11.6 Å². The van der Waals surface area contributed by atoms with E-state index in [-0.39, 0.29) is 0 Å². The van der Waals surface area contributed by atoms with Gasteiger partial charge in [-0.2, -0.15) is 0 Å². The second-order valence-electron chi connectivity index (χ2n) is 13.0. The minimum absolute atomic E-state index is 0.559. The van der Waals surface area contributed by atoms with Gasteiger partial charge in [0.2, 0.25) is 0 Å². The zero-order chi connectivity index (χ0) is 22.4. The van der Waals surface area contributed by atoms with Crippen LogP contribution in [0.25, 0.3) is 0 Å². The van der Waals surface area contributed by atoms with E-state index in [1.54, 1.807) is 5.57 Å². The molecule has 0 bridgehead atoms. The number of allylic oxidation sites excluding steroid dienone is 2. The van der Waals surface area contributed by atoms with Crippen LogP contribution < -0.4 is 0 Å². The zero-order valence-corrected chi connectivity index (χ0v) is 22.2. The highest BCUT2D eigenvalue weighted by Crippen LogP contribution is 2.62. The summed E-state index contributed by atoms with van der Waals surface area (Å²) in [6.45, 7) is 19.9. The molecule has 1 unspecified atom stereocenters. The second kappa shape index (κ2) is 11.6. The molecule has 0 aromatic carbocycles. The summed E-state index contributed by atoms with van der Waals surface area (Å²) in [5, 5.41) is 0. The first-order chi connectivity index (χ1) is 14.1. The Morgan fingerprint density at radius 3 is 2.37 bits per heavy atom. The van der Waals surface area contributed by atoms with Crippen LogP contribution in [-0.4, -0.2) is 0 Å². The molecule has 176 valence electrons. The van der Waals surface area contributed by atoms with Gasteiger partial charge in [0, 0.05) is 0 Å². The minimum Gasteiger partial charge on any atom is -0.0856 e. The molecule has 0 spiro atoms. The predicted octanol–water partition coefficient (Wildman–Crippen LogP) is 10.2. The van der Waals surface area contributed by atoms with E-state index in [2.05, 4.69) is 61.5 Å². The van der Waals surface area contributed by atoms with Crippen molar-refractivity contribution in [1.82, 2.24) is 0 Å². The molecule has 0 N–H and O–H groups in total. The molecule has 2 saturated carbocycles. The van der Waals surface area contributed by atoms with Gasteiger partial charge in [-0.05, 0) is 92.3 Å². The van der Waals surface area contributed by atoms with Gasteiger partial charge in [0.05, 0.1) is 0 Å². The van der Waals surface area contributed by atoms with Crippen LogP contribution in [0.5, 0.6) is 0 Å². The monoisotopic (exact) mass is 416 g/mol. The number of hydrogen-bond acceptors (Lipinski definition) is 0. The lowest BCUT2D eigenvalue weighted by atomic mass is 9.46. The summed E-state index contributed by atoms with van der Waals surface area (Å²) in [6, 6.07) is 0. The highest BCUT2D eigenvalue weighted by atomic mass is 14.6. The van der Waals surface area contributed by atoms with E-state index in [4.69, 9.17) is 0 Å². The van der Waals surface area contributed by atoms with Gasteiger partial charge < -0.3 is 0 Å². The smallest absolute Gasteiger partial charge is 0.0261 e. The SMILES string of the molecule is C/C(=C\CC[C@H]1[C@@H](C)CCC2C(C)(C)CCC[C@@]21C)CCC[C@H](C)CCCC(C)C. The first-order valence-electron chi connectivity index (χ1n) is 13.7. The van der Waals surface area contributed by atoms with Gasteiger partial charge in [-0.15, -0.1) is 0 Å². The largest absolute Gasteiger partial charge is 0.0856 e. The molecule has 0 heterocycles. The average Bonchev–Trinajstić information content (AvgIpc) is 2.63. The standard InChI is InChI=1S/C30H56/c1-23(2)13-9-14-24(3)15-10-16-25(4)17-11-18-27-26(5)19-20-28-29(6,7)21-12-22-30(27,28)8/h17,23-24,26-28H,9-16,18-22H2,1-8H3/b25-17+/t24-,26+,27+,28?,30-/m1/s1. The van der Waals surface area contributed by atoms with E-state index in [1.165, 1.54) is 83.5 Å². The summed E-state index contributed by atoms with van der Waals surface area (Å²) >= 11 is 0. The highest BCUT2D eigenvalue weighted by molar-refractivity contribution is 5.04. The maximum atomic E-state index is 2.68. The summed E-state index contributed by atoms with van der Waals surface area (Å²) in [5.74, 6) is 4.57. The van der Waals surface area contributed by atoms with Gasteiger partial charge in [0.1, 0.15) is 0 Å². The van der Waals surface area contributed by atoms with E-state index >= 15 is 0 Å². The van der Waals surface area contributed by atoms with Crippen LogP contribution in [0.3, 0.4) is 0 Å². The molecule has 0 nitrogen and oxygen atoms in total. The van der Waals surface area contributed by atoms with Crippen molar-refractivity contribution >= 4 is 0 Å². The Kier molecular flexibility index (Phi) is 10.0. The van der Waals surface area contributed by atoms with Crippen LogP contribution in [0.4, 0.5) is 0 Å². The molecular weight excluding hydrogens is 360 g/mol. The molecule has 2 rings (SSSR count). The Morgan fingerprint density at radius 1 is 0.967 bits per heavy atom. The van der Waals surface area contributed by atoms with Crippen molar-refractivity contribution in [3.63, 3.8) is 0 Å². The summed E-state index contributed by atoms with van der Waals surface area (Å²) in [4.78, 5) is 0. The van der Waals surface area contributed by atoms with Crippen molar-refractivity contribution in [2.75, 3.05) is 0 Å². The van der Waals surface area contributed by atoms with Gasteiger partial charge in [-0.25, -0.2) is 0 Å². The van der Waals surface area contributed by atoms with Gasteiger partial charge in [0.25, 0.3) is 0 Å². The Labute approximate surface area is 191 Å². The van der Waals surface area contributed by atoms with Crippen molar-refractivity contribution in [3.8, 4) is 0 Å². The molecule has 0 heteroatoms. The van der Waals surface area contributed by atoms with Crippen LogP contribution in [0, 0.1) is 40.4 Å². The lowest BCUT2D eigenvalue weighted by Crippen LogP contribution is -2.51. The molecular formula is C30H56. The Hall–Kier alpha value is -0.260. The van der Waals surface area contributed by atoms with Crippen molar-refractivity contribution in [1.29, 1.82) is 0 Å². The van der Waals surface area contributed by atoms with E-state index < -0.39 is 0 Å². The molecule has 0 saturated heterocycles. The van der Waals surface area contributed by atoms with Crippen molar-refractivity contribution in [2.24, 2.45) is 40.4 Å². The molecule has 0 radical (unpaired) electrons. The molecule has 5 atom stereocenters. The van der Waals surface area contributed by atoms with E-state index in [0.717, 1.165) is 29.6 Å². The zero-order valence-electron chi connectivity index (χ0n) is 22.2. The average molecular weight is 417 g/mol. The summed E-state index contributed by atoms with van der Waals surface area (Å²) in [6.07, 6.45) is 21.0. The Balaban J connectivity index is 1.77. The van der Waals surface area contributed by atoms with Crippen LogP contribution in [-0.2, 0) is 0 Å². The van der Waals surface area contributed by atoms with Gasteiger partial charge >= 0.3 is 0 Å². The maximum absolute atomic E-state index is 2.68. The lowest BCUT2D eigenvalue weighted by Gasteiger charge is -2.59. The Bertz CT molecular complexity index is 524. The van der Waals surface area contributed by atoms with Gasteiger partial charge in [-0.1, -0.05) is 98.6 Å². The van der Waals surface area contributed by atoms with Crippen molar-refractivity contribution in [2.45, 2.75) is 139 Å². The topological polar surface area (TPSA) is 0 Å². The third-order valence-electron chi connectivity index (χ3n) is 9.44. The fourth-order valence-electron chi connectivity index (χ4n) is 7.58. The molecule has 30 heavy (non-hydrogen) atoms. The van der Waals surface area contributed by atoms with E-state index in [9.17, 15) is 0 Å². The first kappa shape index (κ1) is 26.0. The van der Waals surface area contributed by atoms with Crippen LogP contribution in [0.1, 0.15) is 139 Å². The summed E-state index contributed by atoms with van der Waals surface area (Å²) in [7, 11) is 0. The molecule has 0 aromatic rings. The third-order valence-corrected chi connectivity index (χ3v) is 9.44. The first-order valence-corrected chi connectivity index (χ1v) is 13.7. The molecule has 0 amide bonds. The van der Waals surface area contributed by atoms with Gasteiger partial charge in [-0.3, -0.25) is 0 Å². The fourth-order valence-corrected chi connectivity index (χ4v) is 7.58. The van der Waals surface area contributed by atoms with E-state index in [1.807, 2.05) is 0 Å². The summed E-state index contributed by atoms with van der Waals surface area (Å²) < 4.78 is 0. The lowest BCUT2D eigenvalue weighted by molar-refractivity contribution is -0.0955. The Morgan fingerprint density at radius 2 is 1.67 bits per heavy atom. The van der Waals surface area contributed by atoms with Crippen molar-refractivity contribution in [3.05, 3.63) is 11.6 Å². The molecule has 2 aliphatic rings. The highest BCUT2D eigenvalue weighted by Gasteiger charge is 2.53.